The van der Waals surface area contributed by atoms with Gasteiger partial charge in [0.05, 0.1) is 11.5 Å². The molecule has 1 fully saturated rings. The number of nitrogens with two attached hydrogens (primary N) is 1. The Labute approximate surface area is 139 Å². The van der Waals surface area contributed by atoms with Crippen molar-refractivity contribution in [2.24, 2.45) is 5.92 Å². The second-order valence-electron chi connectivity index (χ2n) is 6.41. The molecule has 3 aromatic rings. The van der Waals surface area contributed by atoms with Crippen molar-refractivity contribution in [1.82, 2.24) is 14.5 Å². The number of nitrogen functional groups attached to an aromatic ring is 1. The van der Waals surface area contributed by atoms with E-state index in [1.165, 1.54) is 6.33 Å². The van der Waals surface area contributed by atoms with Crippen LogP contribution >= 0.6 is 0 Å². The van der Waals surface area contributed by atoms with Crippen molar-refractivity contribution in [3.05, 3.63) is 42.9 Å². The SMILES string of the molecule is Nc1ncnc2c1c(-c1ccccc1)cn2C1CC(O)C(CO)C1. The Kier molecular flexibility index (Phi) is 3.70. The molecule has 0 saturated heterocycles. The average molecular weight is 324 g/mol. The number of aliphatic hydroxyl groups is 2. The molecule has 0 aliphatic heterocycles. The first kappa shape index (κ1) is 15.1. The number of hydrogen-bond donors (Lipinski definition) is 3. The molecule has 6 nitrogen and oxygen atoms in total. The van der Waals surface area contributed by atoms with Crippen molar-refractivity contribution in [1.29, 1.82) is 0 Å². The lowest BCUT2D eigenvalue weighted by Gasteiger charge is -2.13. The smallest absolute Gasteiger partial charge is 0.146 e. The van der Waals surface area contributed by atoms with Crippen molar-refractivity contribution in [2.75, 3.05) is 12.3 Å². The molecule has 0 amide bonds. The number of rotatable bonds is 3. The molecular weight excluding hydrogens is 304 g/mol. The molecule has 4 N–H and O–H groups in total. The summed E-state index contributed by atoms with van der Waals surface area (Å²) in [7, 11) is 0. The van der Waals surface area contributed by atoms with Gasteiger partial charge >= 0.3 is 0 Å². The van der Waals surface area contributed by atoms with Gasteiger partial charge in [0.15, 0.2) is 0 Å². The van der Waals surface area contributed by atoms with E-state index in [1.807, 2.05) is 36.5 Å². The van der Waals surface area contributed by atoms with E-state index in [4.69, 9.17) is 5.73 Å². The summed E-state index contributed by atoms with van der Waals surface area (Å²) in [5, 5.41) is 20.4. The fourth-order valence-electron chi connectivity index (χ4n) is 3.72. The molecule has 2 heterocycles. The van der Waals surface area contributed by atoms with Crippen LogP contribution in [-0.2, 0) is 0 Å². The van der Waals surface area contributed by atoms with Crippen LogP contribution in [0.2, 0.25) is 0 Å². The van der Waals surface area contributed by atoms with E-state index in [2.05, 4.69) is 14.5 Å². The molecule has 3 unspecified atom stereocenters. The standard InChI is InChI=1S/C18H20N4O2/c19-17-16-14(11-4-2-1-3-5-11)8-22(18(16)21-10-20-17)13-6-12(9-23)15(24)7-13/h1-5,8,10,12-13,15,23-24H,6-7,9H2,(H2,19,20,21). The van der Waals surface area contributed by atoms with Gasteiger partial charge in [0.2, 0.25) is 0 Å². The highest BCUT2D eigenvalue weighted by molar-refractivity contribution is 6.00. The van der Waals surface area contributed by atoms with Crippen molar-refractivity contribution >= 4 is 16.9 Å². The lowest BCUT2D eigenvalue weighted by molar-refractivity contribution is 0.0906. The second-order valence-corrected chi connectivity index (χ2v) is 6.41. The minimum absolute atomic E-state index is 0.000463. The highest BCUT2D eigenvalue weighted by Crippen LogP contribution is 2.40. The maximum absolute atomic E-state index is 10.1. The number of fused-ring (bicyclic) bond motifs is 1. The maximum atomic E-state index is 10.1. The van der Waals surface area contributed by atoms with Gasteiger partial charge < -0.3 is 20.5 Å². The molecule has 124 valence electrons. The van der Waals surface area contributed by atoms with Crippen LogP contribution in [0.3, 0.4) is 0 Å². The maximum Gasteiger partial charge on any atom is 0.146 e. The summed E-state index contributed by atoms with van der Waals surface area (Å²) in [5.41, 5.74) is 8.96. The van der Waals surface area contributed by atoms with Gasteiger partial charge in [-0.3, -0.25) is 0 Å². The zero-order valence-electron chi connectivity index (χ0n) is 13.2. The molecule has 4 rings (SSSR count). The van der Waals surface area contributed by atoms with Gasteiger partial charge in [-0.05, 0) is 18.4 Å². The van der Waals surface area contributed by atoms with E-state index < -0.39 is 6.10 Å². The second kappa shape index (κ2) is 5.89. The highest BCUT2D eigenvalue weighted by Gasteiger charge is 2.34. The van der Waals surface area contributed by atoms with Crippen molar-refractivity contribution in [3.63, 3.8) is 0 Å². The van der Waals surface area contributed by atoms with Crippen LogP contribution in [0.25, 0.3) is 22.2 Å². The number of hydrogen-bond acceptors (Lipinski definition) is 5. The first-order valence-corrected chi connectivity index (χ1v) is 8.14. The first-order chi connectivity index (χ1) is 11.7. The lowest BCUT2D eigenvalue weighted by Crippen LogP contribution is -2.16. The van der Waals surface area contributed by atoms with Crippen LogP contribution in [0, 0.1) is 5.92 Å². The number of aromatic nitrogens is 3. The molecule has 6 heteroatoms. The van der Waals surface area contributed by atoms with Crippen LogP contribution < -0.4 is 5.73 Å². The Morgan fingerprint density at radius 2 is 1.96 bits per heavy atom. The van der Waals surface area contributed by atoms with Gasteiger partial charge in [0.25, 0.3) is 0 Å². The summed E-state index contributed by atoms with van der Waals surface area (Å²) in [6, 6.07) is 10.1. The van der Waals surface area contributed by atoms with E-state index in [0.29, 0.717) is 12.2 Å². The molecule has 3 atom stereocenters. The summed E-state index contributed by atoms with van der Waals surface area (Å²) in [4.78, 5) is 8.58. The summed E-state index contributed by atoms with van der Waals surface area (Å²) >= 11 is 0. The first-order valence-electron chi connectivity index (χ1n) is 8.14. The van der Waals surface area contributed by atoms with E-state index in [1.54, 1.807) is 0 Å². The minimum atomic E-state index is -0.489. The van der Waals surface area contributed by atoms with E-state index >= 15 is 0 Å². The van der Waals surface area contributed by atoms with Crippen molar-refractivity contribution in [2.45, 2.75) is 25.0 Å². The zero-order valence-corrected chi connectivity index (χ0v) is 13.2. The molecule has 1 saturated carbocycles. The summed E-state index contributed by atoms with van der Waals surface area (Å²) in [6.45, 7) is -0.000463. The molecule has 2 aromatic heterocycles. The van der Waals surface area contributed by atoms with Crippen LogP contribution in [0.5, 0.6) is 0 Å². The number of aliphatic hydroxyl groups excluding tert-OH is 2. The average Bonchev–Trinajstić information content (AvgIpc) is 3.17. The lowest BCUT2D eigenvalue weighted by atomic mass is 10.1. The Morgan fingerprint density at radius 1 is 1.17 bits per heavy atom. The molecule has 1 aliphatic rings. The van der Waals surface area contributed by atoms with Gasteiger partial charge in [0, 0.05) is 30.3 Å². The Balaban J connectivity index is 1.87. The fraction of sp³-hybridized carbons (Fsp3) is 0.333. The predicted molar refractivity (Wildman–Crippen MR) is 92.2 cm³/mol. The van der Waals surface area contributed by atoms with Crippen molar-refractivity contribution in [3.8, 4) is 11.1 Å². The number of anilines is 1. The Bertz CT molecular complexity index is 862. The summed E-state index contributed by atoms with van der Waals surface area (Å²) in [6.07, 6.45) is 4.35. The van der Waals surface area contributed by atoms with Gasteiger partial charge in [-0.25, -0.2) is 9.97 Å². The molecular formula is C18H20N4O2. The predicted octanol–water partition coefficient (Wildman–Crippen LogP) is 1.98. The molecule has 24 heavy (non-hydrogen) atoms. The Morgan fingerprint density at radius 3 is 2.67 bits per heavy atom. The number of benzene rings is 1. The van der Waals surface area contributed by atoms with Crippen LogP contribution in [0.4, 0.5) is 5.82 Å². The fourth-order valence-corrected chi connectivity index (χ4v) is 3.72. The van der Waals surface area contributed by atoms with E-state index in [0.717, 1.165) is 28.6 Å². The summed E-state index contributed by atoms with van der Waals surface area (Å²) in [5.74, 6) is 0.363. The van der Waals surface area contributed by atoms with Crippen LogP contribution in [0.1, 0.15) is 18.9 Å². The minimum Gasteiger partial charge on any atom is -0.396 e. The Hall–Kier alpha value is -2.44. The monoisotopic (exact) mass is 324 g/mol. The molecule has 1 aromatic carbocycles. The topological polar surface area (TPSA) is 97.2 Å². The largest absolute Gasteiger partial charge is 0.396 e. The van der Waals surface area contributed by atoms with Gasteiger partial charge in [-0.15, -0.1) is 0 Å². The van der Waals surface area contributed by atoms with Crippen LogP contribution in [0.15, 0.2) is 42.9 Å². The van der Waals surface area contributed by atoms with Gasteiger partial charge in [-0.2, -0.15) is 0 Å². The number of nitrogens with zero attached hydrogens (tertiary/aromatic N) is 3. The quantitative estimate of drug-likeness (QED) is 0.684. The zero-order chi connectivity index (χ0) is 16.7. The van der Waals surface area contributed by atoms with E-state index in [-0.39, 0.29) is 18.6 Å². The van der Waals surface area contributed by atoms with Crippen molar-refractivity contribution < 1.29 is 10.2 Å². The van der Waals surface area contributed by atoms with Gasteiger partial charge in [0.1, 0.15) is 17.8 Å². The van der Waals surface area contributed by atoms with Gasteiger partial charge in [-0.1, -0.05) is 30.3 Å². The van der Waals surface area contributed by atoms with E-state index in [9.17, 15) is 10.2 Å². The third kappa shape index (κ3) is 2.35. The molecule has 0 radical (unpaired) electrons. The summed E-state index contributed by atoms with van der Waals surface area (Å²) < 4.78 is 2.08. The highest BCUT2D eigenvalue weighted by atomic mass is 16.3. The van der Waals surface area contributed by atoms with Crippen LogP contribution in [-0.4, -0.2) is 37.5 Å². The third-order valence-electron chi connectivity index (χ3n) is 4.98. The molecule has 1 aliphatic carbocycles. The molecule has 0 spiro atoms. The molecule has 0 bridgehead atoms. The normalized spacial score (nSPS) is 23.8. The third-order valence-corrected chi connectivity index (χ3v) is 4.98.